The van der Waals surface area contributed by atoms with E-state index in [4.69, 9.17) is 11.6 Å². The minimum absolute atomic E-state index is 0.0791. The molecular formula is C19H19ClFN3O3. The van der Waals surface area contributed by atoms with Gasteiger partial charge < -0.3 is 14.8 Å². The third-order valence-electron chi connectivity index (χ3n) is 4.57. The number of nitrogens with zero attached hydrogens (tertiary/aromatic N) is 2. The van der Waals surface area contributed by atoms with Gasteiger partial charge in [0.1, 0.15) is 11.4 Å². The molecule has 1 aromatic carbocycles. The van der Waals surface area contributed by atoms with Crippen LogP contribution in [0.2, 0.25) is 5.02 Å². The number of amides is 2. The Morgan fingerprint density at radius 2 is 1.81 bits per heavy atom. The molecule has 1 aliphatic rings. The first kappa shape index (κ1) is 19.1. The number of rotatable bonds is 3. The van der Waals surface area contributed by atoms with Crippen molar-refractivity contribution >= 4 is 23.4 Å². The summed E-state index contributed by atoms with van der Waals surface area (Å²) in [5.74, 6) is -1.11. The summed E-state index contributed by atoms with van der Waals surface area (Å²) in [6.45, 7) is 1.53. The van der Waals surface area contributed by atoms with Gasteiger partial charge in [0.25, 0.3) is 11.5 Å². The van der Waals surface area contributed by atoms with Gasteiger partial charge in [-0.25, -0.2) is 4.39 Å². The Labute approximate surface area is 160 Å². The van der Waals surface area contributed by atoms with Crippen LogP contribution in [-0.2, 0) is 11.2 Å². The van der Waals surface area contributed by atoms with Gasteiger partial charge in [-0.3, -0.25) is 14.4 Å². The number of aromatic nitrogens is 1. The average Bonchev–Trinajstić information content (AvgIpc) is 2.91. The monoisotopic (exact) mass is 391 g/mol. The first-order chi connectivity index (χ1) is 13.0. The molecule has 0 bridgehead atoms. The number of carbonyl (C=O) groups is 2. The fraction of sp³-hybridized carbons (Fsp3) is 0.316. The highest BCUT2D eigenvalue weighted by atomic mass is 35.5. The topological polar surface area (TPSA) is 73.5 Å². The normalized spacial score (nSPS) is 14.7. The second-order valence-electron chi connectivity index (χ2n) is 6.32. The average molecular weight is 392 g/mol. The smallest absolute Gasteiger partial charge is 0.260 e. The minimum atomic E-state index is -0.509. The van der Waals surface area contributed by atoms with Crippen LogP contribution in [0.25, 0.3) is 0 Å². The van der Waals surface area contributed by atoms with Crippen LogP contribution in [0.5, 0.6) is 0 Å². The molecule has 0 spiro atoms. The van der Waals surface area contributed by atoms with E-state index in [0.717, 1.165) is 0 Å². The van der Waals surface area contributed by atoms with Crippen LogP contribution in [0, 0.1) is 5.82 Å². The lowest BCUT2D eigenvalue weighted by Gasteiger charge is -2.22. The van der Waals surface area contributed by atoms with Crippen molar-refractivity contribution in [3.63, 3.8) is 0 Å². The van der Waals surface area contributed by atoms with E-state index in [1.165, 1.54) is 24.4 Å². The second kappa shape index (κ2) is 8.35. The molecule has 1 fully saturated rings. The van der Waals surface area contributed by atoms with E-state index in [-0.39, 0.29) is 34.4 Å². The van der Waals surface area contributed by atoms with Crippen LogP contribution in [0.4, 0.5) is 4.39 Å². The SMILES string of the molecule is O=C(Cc1c(F)cccc1Cl)N1CCCN(C(=O)c2ccc[nH]c2=O)CC1. The molecule has 1 N–H and O–H groups in total. The quantitative estimate of drug-likeness (QED) is 0.870. The predicted molar refractivity (Wildman–Crippen MR) is 99.3 cm³/mol. The molecule has 2 heterocycles. The molecule has 0 unspecified atom stereocenters. The van der Waals surface area contributed by atoms with Gasteiger partial charge in [-0.1, -0.05) is 17.7 Å². The Balaban J connectivity index is 1.66. The van der Waals surface area contributed by atoms with Gasteiger partial charge in [0.15, 0.2) is 0 Å². The Morgan fingerprint density at radius 1 is 1.07 bits per heavy atom. The minimum Gasteiger partial charge on any atom is -0.341 e. The molecule has 142 valence electrons. The van der Waals surface area contributed by atoms with Crippen LogP contribution in [0.1, 0.15) is 22.3 Å². The number of halogens is 2. The third kappa shape index (κ3) is 4.36. The molecular weight excluding hydrogens is 373 g/mol. The largest absolute Gasteiger partial charge is 0.341 e. The van der Waals surface area contributed by atoms with Crippen molar-refractivity contribution in [2.75, 3.05) is 26.2 Å². The molecule has 0 aliphatic carbocycles. The van der Waals surface area contributed by atoms with Crippen LogP contribution < -0.4 is 5.56 Å². The molecule has 1 aromatic heterocycles. The summed E-state index contributed by atoms with van der Waals surface area (Å²) in [6.07, 6.45) is 1.92. The fourth-order valence-corrected chi connectivity index (χ4v) is 3.32. The molecule has 1 aliphatic heterocycles. The number of pyridine rings is 1. The molecule has 3 rings (SSSR count). The predicted octanol–water partition coefficient (Wildman–Crippen LogP) is 2.08. The van der Waals surface area contributed by atoms with Crippen molar-refractivity contribution in [1.29, 1.82) is 0 Å². The zero-order valence-corrected chi connectivity index (χ0v) is 15.3. The summed E-state index contributed by atoms with van der Waals surface area (Å²) in [5, 5.41) is 0.221. The third-order valence-corrected chi connectivity index (χ3v) is 4.93. The number of hydrogen-bond acceptors (Lipinski definition) is 3. The van der Waals surface area contributed by atoms with E-state index in [0.29, 0.717) is 32.6 Å². The van der Waals surface area contributed by atoms with Gasteiger partial charge in [-0.05, 0) is 30.7 Å². The Kier molecular flexibility index (Phi) is 5.91. The Hall–Kier alpha value is -2.67. The van der Waals surface area contributed by atoms with Crippen molar-refractivity contribution < 1.29 is 14.0 Å². The number of carbonyl (C=O) groups excluding carboxylic acids is 2. The van der Waals surface area contributed by atoms with E-state index in [2.05, 4.69) is 4.98 Å². The lowest BCUT2D eigenvalue weighted by atomic mass is 10.1. The van der Waals surface area contributed by atoms with Gasteiger partial charge in [0.2, 0.25) is 5.91 Å². The van der Waals surface area contributed by atoms with E-state index in [9.17, 15) is 18.8 Å². The van der Waals surface area contributed by atoms with Crippen LogP contribution >= 0.6 is 11.6 Å². The molecule has 2 amide bonds. The number of aromatic amines is 1. The van der Waals surface area contributed by atoms with E-state index < -0.39 is 11.4 Å². The summed E-state index contributed by atoms with van der Waals surface area (Å²) < 4.78 is 13.9. The van der Waals surface area contributed by atoms with Crippen molar-refractivity contribution in [2.24, 2.45) is 0 Å². The van der Waals surface area contributed by atoms with Gasteiger partial charge in [-0.15, -0.1) is 0 Å². The van der Waals surface area contributed by atoms with Gasteiger partial charge in [0, 0.05) is 43.0 Å². The van der Waals surface area contributed by atoms with Crippen LogP contribution in [0.15, 0.2) is 41.3 Å². The number of benzene rings is 1. The van der Waals surface area contributed by atoms with Crippen LogP contribution in [0.3, 0.4) is 0 Å². The van der Waals surface area contributed by atoms with Gasteiger partial charge in [0.05, 0.1) is 6.42 Å². The molecule has 27 heavy (non-hydrogen) atoms. The maximum Gasteiger partial charge on any atom is 0.260 e. The van der Waals surface area contributed by atoms with Crippen molar-refractivity contribution in [1.82, 2.24) is 14.8 Å². The summed E-state index contributed by atoms with van der Waals surface area (Å²) in [7, 11) is 0. The van der Waals surface area contributed by atoms with Crippen LogP contribution in [-0.4, -0.2) is 52.8 Å². The van der Waals surface area contributed by atoms with E-state index >= 15 is 0 Å². The van der Waals surface area contributed by atoms with Gasteiger partial charge >= 0.3 is 0 Å². The molecule has 0 atom stereocenters. The summed E-state index contributed by atoms with van der Waals surface area (Å²) >= 11 is 6.00. The van der Waals surface area contributed by atoms with Crippen molar-refractivity contribution in [3.8, 4) is 0 Å². The zero-order valence-electron chi connectivity index (χ0n) is 14.6. The number of H-pyrrole nitrogens is 1. The maximum absolute atomic E-state index is 13.9. The van der Waals surface area contributed by atoms with Gasteiger partial charge in [-0.2, -0.15) is 0 Å². The first-order valence-electron chi connectivity index (χ1n) is 8.65. The molecule has 0 saturated carbocycles. The summed E-state index contributed by atoms with van der Waals surface area (Å²) in [6, 6.07) is 7.39. The van der Waals surface area contributed by atoms with Crippen molar-refractivity contribution in [2.45, 2.75) is 12.8 Å². The highest BCUT2D eigenvalue weighted by Gasteiger charge is 2.25. The lowest BCUT2D eigenvalue weighted by molar-refractivity contribution is -0.130. The Bertz CT molecular complexity index is 895. The zero-order chi connectivity index (χ0) is 19.4. The van der Waals surface area contributed by atoms with E-state index in [1.807, 2.05) is 0 Å². The lowest BCUT2D eigenvalue weighted by Crippen LogP contribution is -2.39. The van der Waals surface area contributed by atoms with E-state index in [1.54, 1.807) is 21.9 Å². The number of nitrogens with one attached hydrogen (secondary N) is 1. The fourth-order valence-electron chi connectivity index (χ4n) is 3.09. The standard InChI is InChI=1S/C19H19ClFN3O3/c20-15-5-1-6-16(21)14(15)12-17(25)23-8-3-9-24(11-10-23)19(27)13-4-2-7-22-18(13)26/h1-2,4-7H,3,8-12H2,(H,22,26). The highest BCUT2D eigenvalue weighted by Crippen LogP contribution is 2.20. The maximum atomic E-state index is 13.9. The summed E-state index contributed by atoms with van der Waals surface area (Å²) in [4.78, 5) is 42.6. The molecule has 6 nitrogen and oxygen atoms in total. The number of hydrogen-bond donors (Lipinski definition) is 1. The molecule has 8 heteroatoms. The second-order valence-corrected chi connectivity index (χ2v) is 6.72. The molecule has 0 radical (unpaired) electrons. The molecule has 1 saturated heterocycles. The highest BCUT2D eigenvalue weighted by molar-refractivity contribution is 6.31. The van der Waals surface area contributed by atoms with Crippen molar-refractivity contribution in [3.05, 3.63) is 68.8 Å². The summed E-state index contributed by atoms with van der Waals surface area (Å²) in [5.41, 5.74) is -0.179. The Morgan fingerprint density at radius 3 is 2.56 bits per heavy atom. The molecule has 2 aromatic rings. The first-order valence-corrected chi connectivity index (χ1v) is 9.03.